The van der Waals surface area contributed by atoms with Crippen LogP contribution in [0, 0.1) is 0 Å². The van der Waals surface area contributed by atoms with Gasteiger partial charge < -0.3 is 10.5 Å². The van der Waals surface area contributed by atoms with Crippen LogP contribution in [0.25, 0.3) is 0 Å². The fourth-order valence-electron chi connectivity index (χ4n) is 1.82. The minimum absolute atomic E-state index is 0.0657. The number of nitrogens with two attached hydrogens (primary N) is 1. The van der Waals surface area contributed by atoms with Crippen LogP contribution < -0.4 is 21.1 Å². The Morgan fingerprint density at radius 1 is 1.35 bits per heavy atom. The molecular formula is C14H21N3O3. The van der Waals surface area contributed by atoms with Gasteiger partial charge in [0.1, 0.15) is 5.75 Å². The second-order valence-electron chi connectivity index (χ2n) is 4.47. The topological polar surface area (TPSA) is 93.4 Å². The molecule has 0 aliphatic heterocycles. The highest BCUT2D eigenvalue weighted by Crippen LogP contribution is 2.19. The fraction of sp³-hybridized carbons (Fsp3) is 0.429. The van der Waals surface area contributed by atoms with E-state index in [1.165, 1.54) is 0 Å². The zero-order chi connectivity index (χ0) is 15.1. The predicted octanol–water partition coefficient (Wildman–Crippen LogP) is 1.32. The molecule has 0 aliphatic carbocycles. The van der Waals surface area contributed by atoms with Crippen molar-refractivity contribution < 1.29 is 14.3 Å². The van der Waals surface area contributed by atoms with Gasteiger partial charge in [-0.15, -0.1) is 0 Å². The summed E-state index contributed by atoms with van der Waals surface area (Å²) in [5.41, 5.74) is 5.91. The maximum atomic E-state index is 11.6. The highest BCUT2D eigenvalue weighted by Gasteiger charge is 2.17. The van der Waals surface area contributed by atoms with Gasteiger partial charge in [0, 0.05) is 6.04 Å². The number of hydrogen-bond acceptors (Lipinski definition) is 4. The molecule has 0 aromatic heterocycles. The van der Waals surface area contributed by atoms with Crippen molar-refractivity contribution in [3.63, 3.8) is 0 Å². The molecule has 0 unspecified atom stereocenters. The van der Waals surface area contributed by atoms with E-state index in [1.54, 1.807) is 6.92 Å². The zero-order valence-electron chi connectivity index (χ0n) is 12.0. The Morgan fingerprint density at radius 2 is 2.05 bits per heavy atom. The summed E-state index contributed by atoms with van der Waals surface area (Å²) in [6.45, 7) is 6.12. The summed E-state index contributed by atoms with van der Waals surface area (Å²) in [5.74, 6) is 0.332. The van der Waals surface area contributed by atoms with E-state index < -0.39 is 18.0 Å². The molecular weight excluding hydrogens is 258 g/mol. The van der Waals surface area contributed by atoms with Crippen LogP contribution in [0.15, 0.2) is 24.3 Å². The van der Waals surface area contributed by atoms with Gasteiger partial charge in [0.05, 0.1) is 12.6 Å². The molecule has 3 amide bonds. The van der Waals surface area contributed by atoms with Crippen molar-refractivity contribution in [1.82, 2.24) is 10.6 Å². The van der Waals surface area contributed by atoms with Crippen LogP contribution in [-0.2, 0) is 4.79 Å². The van der Waals surface area contributed by atoms with Gasteiger partial charge in [0.15, 0.2) is 0 Å². The van der Waals surface area contributed by atoms with Gasteiger partial charge in [0.25, 0.3) is 0 Å². The van der Waals surface area contributed by atoms with Gasteiger partial charge in [-0.3, -0.25) is 15.4 Å². The Morgan fingerprint density at radius 3 is 2.65 bits per heavy atom. The van der Waals surface area contributed by atoms with Gasteiger partial charge >= 0.3 is 6.03 Å². The van der Waals surface area contributed by atoms with Crippen LogP contribution in [0.1, 0.15) is 32.4 Å². The van der Waals surface area contributed by atoms with Gasteiger partial charge in [-0.05, 0) is 38.5 Å². The van der Waals surface area contributed by atoms with E-state index >= 15 is 0 Å². The second kappa shape index (κ2) is 7.49. The molecule has 1 aromatic rings. The lowest BCUT2D eigenvalue weighted by Crippen LogP contribution is -2.47. The number of rotatable bonds is 6. The minimum Gasteiger partial charge on any atom is -0.494 e. The molecule has 1 rings (SSSR count). The molecule has 0 radical (unpaired) electrons. The molecule has 0 spiro atoms. The molecule has 0 fully saturated rings. The molecule has 6 nitrogen and oxygen atoms in total. The maximum Gasteiger partial charge on any atom is 0.318 e. The lowest BCUT2D eigenvalue weighted by atomic mass is 10.1. The summed E-state index contributed by atoms with van der Waals surface area (Å²) in [4.78, 5) is 22.2. The number of primary amides is 1. The SMILES string of the molecule is CCOc1cccc([C@H](C)N[C@@H](C)C(=O)NC(N)=O)c1. The Bertz CT molecular complexity index is 476. The summed E-state index contributed by atoms with van der Waals surface area (Å²) in [6, 6.07) is 6.18. The highest BCUT2D eigenvalue weighted by atomic mass is 16.5. The van der Waals surface area contributed by atoms with Gasteiger partial charge in [-0.25, -0.2) is 4.79 Å². The normalized spacial score (nSPS) is 13.3. The number of carbonyl (C=O) groups is 2. The van der Waals surface area contributed by atoms with E-state index in [9.17, 15) is 9.59 Å². The average molecular weight is 279 g/mol. The van der Waals surface area contributed by atoms with Crippen molar-refractivity contribution in [1.29, 1.82) is 0 Å². The minimum atomic E-state index is -0.852. The standard InChI is InChI=1S/C14H21N3O3/c1-4-20-12-7-5-6-11(8-12)9(2)16-10(3)13(18)17-14(15)19/h5-10,16H,4H2,1-3H3,(H3,15,17,18,19)/t9-,10-/m0/s1. The molecule has 1 aromatic carbocycles. The molecule has 0 saturated carbocycles. The second-order valence-corrected chi connectivity index (χ2v) is 4.47. The van der Waals surface area contributed by atoms with E-state index in [2.05, 4.69) is 5.32 Å². The number of amides is 3. The first-order valence-electron chi connectivity index (χ1n) is 6.53. The first-order valence-corrected chi connectivity index (χ1v) is 6.53. The average Bonchev–Trinajstić information content (AvgIpc) is 2.38. The summed E-state index contributed by atoms with van der Waals surface area (Å²) in [6.07, 6.45) is 0. The molecule has 0 saturated heterocycles. The summed E-state index contributed by atoms with van der Waals surface area (Å²) in [7, 11) is 0. The van der Waals surface area contributed by atoms with Crippen LogP contribution in [0.2, 0.25) is 0 Å². The molecule has 0 bridgehead atoms. The number of imide groups is 1. The first-order chi connectivity index (χ1) is 9.43. The van der Waals surface area contributed by atoms with Gasteiger partial charge in [-0.1, -0.05) is 12.1 Å². The van der Waals surface area contributed by atoms with Crippen molar-refractivity contribution in [2.75, 3.05) is 6.61 Å². The number of benzene rings is 1. The predicted molar refractivity (Wildman–Crippen MR) is 76.3 cm³/mol. The van der Waals surface area contributed by atoms with E-state index in [0.717, 1.165) is 11.3 Å². The number of nitrogens with one attached hydrogen (secondary N) is 2. The van der Waals surface area contributed by atoms with E-state index in [1.807, 2.05) is 43.4 Å². The fourth-order valence-corrected chi connectivity index (χ4v) is 1.82. The molecule has 4 N–H and O–H groups in total. The van der Waals surface area contributed by atoms with Crippen LogP contribution >= 0.6 is 0 Å². The third-order valence-electron chi connectivity index (χ3n) is 2.81. The molecule has 2 atom stereocenters. The van der Waals surface area contributed by atoms with Crippen LogP contribution in [-0.4, -0.2) is 24.6 Å². The largest absolute Gasteiger partial charge is 0.494 e. The third-order valence-corrected chi connectivity index (χ3v) is 2.81. The van der Waals surface area contributed by atoms with Crippen LogP contribution in [0.3, 0.4) is 0 Å². The van der Waals surface area contributed by atoms with Gasteiger partial charge in [-0.2, -0.15) is 0 Å². The van der Waals surface area contributed by atoms with Crippen molar-refractivity contribution in [3.8, 4) is 5.75 Å². The lowest BCUT2D eigenvalue weighted by molar-refractivity contribution is -0.121. The van der Waals surface area contributed by atoms with Crippen molar-refractivity contribution >= 4 is 11.9 Å². The molecule has 0 heterocycles. The maximum absolute atomic E-state index is 11.6. The first kappa shape index (κ1) is 16.0. The van der Waals surface area contributed by atoms with E-state index in [0.29, 0.717) is 6.61 Å². The number of carbonyl (C=O) groups excluding carboxylic acids is 2. The van der Waals surface area contributed by atoms with E-state index in [-0.39, 0.29) is 6.04 Å². The third kappa shape index (κ3) is 4.89. The Kier molecular flexibility index (Phi) is 5.99. The lowest BCUT2D eigenvalue weighted by Gasteiger charge is -2.19. The number of urea groups is 1. The van der Waals surface area contributed by atoms with Crippen molar-refractivity contribution in [2.24, 2.45) is 5.73 Å². The van der Waals surface area contributed by atoms with Crippen LogP contribution in [0.5, 0.6) is 5.75 Å². The number of ether oxygens (including phenoxy) is 1. The van der Waals surface area contributed by atoms with Crippen LogP contribution in [0.4, 0.5) is 4.79 Å². The quantitative estimate of drug-likeness (QED) is 0.732. The Labute approximate surface area is 118 Å². The van der Waals surface area contributed by atoms with Crippen molar-refractivity contribution in [2.45, 2.75) is 32.9 Å². The summed E-state index contributed by atoms with van der Waals surface area (Å²) >= 11 is 0. The molecule has 110 valence electrons. The smallest absolute Gasteiger partial charge is 0.318 e. The summed E-state index contributed by atoms with van der Waals surface area (Å²) in [5, 5.41) is 5.14. The monoisotopic (exact) mass is 279 g/mol. The Balaban J connectivity index is 2.65. The zero-order valence-corrected chi connectivity index (χ0v) is 12.0. The van der Waals surface area contributed by atoms with Gasteiger partial charge in [0.2, 0.25) is 5.91 Å². The Hall–Kier alpha value is -2.08. The van der Waals surface area contributed by atoms with Crippen molar-refractivity contribution in [3.05, 3.63) is 29.8 Å². The molecule has 20 heavy (non-hydrogen) atoms. The van der Waals surface area contributed by atoms with E-state index in [4.69, 9.17) is 10.5 Å². The summed E-state index contributed by atoms with van der Waals surface area (Å²) < 4.78 is 5.43. The number of hydrogen-bond donors (Lipinski definition) is 3. The highest BCUT2D eigenvalue weighted by molar-refractivity contribution is 5.96. The molecule has 0 aliphatic rings. The molecule has 6 heteroatoms.